The molecule has 2 aromatic carbocycles. The topological polar surface area (TPSA) is 26.3 Å². The molecule has 0 aromatic heterocycles. The summed E-state index contributed by atoms with van der Waals surface area (Å²) in [6.07, 6.45) is 4.94. The number of hydrogen-bond donors (Lipinski definition) is 0. The lowest BCUT2D eigenvalue weighted by atomic mass is 9.84. The van der Waals surface area contributed by atoms with Crippen LogP contribution in [-0.4, -0.2) is 5.78 Å². The highest BCUT2D eigenvalue weighted by Gasteiger charge is 2.22. The first-order chi connectivity index (χ1) is 11.2. The molecule has 1 saturated carbocycles. The molecule has 0 spiro atoms. The molecule has 1 atom stereocenters. The molecule has 1 unspecified atom stereocenters. The van der Waals surface area contributed by atoms with Gasteiger partial charge in [0.05, 0.1) is 0 Å². The van der Waals surface area contributed by atoms with E-state index in [0.717, 1.165) is 31.4 Å². The highest BCUT2D eigenvalue weighted by molar-refractivity contribution is 5.81. The molecule has 1 aliphatic carbocycles. The van der Waals surface area contributed by atoms with Crippen LogP contribution in [0, 0.1) is 12.8 Å². The second kappa shape index (κ2) is 7.45. The molecule has 120 valence electrons. The molecule has 0 saturated heterocycles. The van der Waals surface area contributed by atoms with Crippen molar-refractivity contribution in [3.63, 3.8) is 0 Å². The van der Waals surface area contributed by atoms with Crippen LogP contribution >= 0.6 is 0 Å². The van der Waals surface area contributed by atoms with E-state index in [0.29, 0.717) is 12.4 Å². The zero-order valence-corrected chi connectivity index (χ0v) is 13.8. The maximum Gasteiger partial charge on any atom is 0.136 e. The summed E-state index contributed by atoms with van der Waals surface area (Å²) >= 11 is 0. The van der Waals surface area contributed by atoms with Gasteiger partial charge in [-0.25, -0.2) is 0 Å². The normalized spacial score (nSPS) is 18.0. The Bertz CT molecular complexity index is 658. The van der Waals surface area contributed by atoms with E-state index in [1.54, 1.807) is 0 Å². The Kier molecular flexibility index (Phi) is 5.12. The summed E-state index contributed by atoms with van der Waals surface area (Å²) in [5.74, 6) is 1.55. The minimum absolute atomic E-state index is 0.225. The molecule has 2 heteroatoms. The Morgan fingerprint density at radius 3 is 2.57 bits per heavy atom. The van der Waals surface area contributed by atoms with E-state index in [2.05, 4.69) is 31.2 Å². The lowest BCUT2D eigenvalue weighted by molar-refractivity contribution is -0.124. The molecule has 0 amide bonds. The van der Waals surface area contributed by atoms with Crippen LogP contribution < -0.4 is 4.74 Å². The molecule has 0 radical (unpaired) electrons. The zero-order chi connectivity index (χ0) is 16.1. The third-order valence-corrected chi connectivity index (χ3v) is 4.74. The molecular formula is C21H24O2. The largest absolute Gasteiger partial charge is 0.489 e. The molecule has 23 heavy (non-hydrogen) atoms. The van der Waals surface area contributed by atoms with E-state index in [4.69, 9.17) is 4.74 Å². The van der Waals surface area contributed by atoms with Gasteiger partial charge in [0.15, 0.2) is 0 Å². The second-order valence-electron chi connectivity index (χ2n) is 6.47. The van der Waals surface area contributed by atoms with E-state index in [-0.39, 0.29) is 5.92 Å². The lowest BCUT2D eigenvalue weighted by Gasteiger charge is -2.20. The van der Waals surface area contributed by atoms with Gasteiger partial charge in [0.25, 0.3) is 0 Å². The number of ketones is 1. The summed E-state index contributed by atoms with van der Waals surface area (Å²) in [4.78, 5) is 11.9. The van der Waals surface area contributed by atoms with Crippen molar-refractivity contribution in [2.75, 3.05) is 0 Å². The number of carbonyl (C=O) groups excluding carboxylic acids is 1. The van der Waals surface area contributed by atoms with Gasteiger partial charge in [-0.05, 0) is 55.0 Å². The van der Waals surface area contributed by atoms with Crippen molar-refractivity contribution >= 4 is 5.78 Å². The Labute approximate surface area is 138 Å². The number of benzene rings is 2. The van der Waals surface area contributed by atoms with Crippen molar-refractivity contribution in [1.29, 1.82) is 0 Å². The molecular weight excluding hydrogens is 284 g/mol. The molecule has 1 aliphatic rings. The van der Waals surface area contributed by atoms with Crippen molar-refractivity contribution < 1.29 is 9.53 Å². The van der Waals surface area contributed by atoms with Crippen LogP contribution in [-0.2, 0) is 17.8 Å². The van der Waals surface area contributed by atoms with Gasteiger partial charge in [0, 0.05) is 12.3 Å². The van der Waals surface area contributed by atoms with Gasteiger partial charge in [-0.2, -0.15) is 0 Å². The van der Waals surface area contributed by atoms with Crippen LogP contribution in [0.25, 0.3) is 0 Å². The van der Waals surface area contributed by atoms with Gasteiger partial charge >= 0.3 is 0 Å². The third-order valence-electron chi connectivity index (χ3n) is 4.74. The van der Waals surface area contributed by atoms with Gasteiger partial charge in [-0.15, -0.1) is 0 Å². The van der Waals surface area contributed by atoms with Crippen LogP contribution in [0.1, 0.15) is 42.4 Å². The average molecular weight is 308 g/mol. The van der Waals surface area contributed by atoms with Crippen LogP contribution in [0.15, 0.2) is 48.5 Å². The number of rotatable bonds is 5. The van der Waals surface area contributed by atoms with Crippen molar-refractivity contribution in [3.8, 4) is 5.75 Å². The first-order valence-electron chi connectivity index (χ1n) is 8.51. The van der Waals surface area contributed by atoms with Gasteiger partial charge in [0.2, 0.25) is 0 Å². The smallest absolute Gasteiger partial charge is 0.136 e. The first kappa shape index (κ1) is 15.8. The number of hydrogen-bond acceptors (Lipinski definition) is 2. The van der Waals surface area contributed by atoms with E-state index < -0.39 is 0 Å². The molecule has 0 bridgehead atoms. The van der Waals surface area contributed by atoms with Gasteiger partial charge < -0.3 is 4.74 Å². The highest BCUT2D eigenvalue weighted by Crippen LogP contribution is 2.25. The Hall–Kier alpha value is -2.09. The molecule has 3 rings (SSSR count). The van der Waals surface area contributed by atoms with Crippen LogP contribution in [0.2, 0.25) is 0 Å². The predicted molar refractivity (Wildman–Crippen MR) is 92.6 cm³/mol. The Morgan fingerprint density at radius 2 is 1.83 bits per heavy atom. The van der Waals surface area contributed by atoms with E-state index in [1.807, 2.05) is 24.3 Å². The summed E-state index contributed by atoms with van der Waals surface area (Å²) < 4.78 is 5.87. The SMILES string of the molecule is Cc1ccccc1COc1ccc(CC2CCCCC2=O)cc1. The quantitative estimate of drug-likeness (QED) is 0.787. The summed E-state index contributed by atoms with van der Waals surface area (Å²) in [6, 6.07) is 16.5. The van der Waals surface area contributed by atoms with Crippen LogP contribution in [0.4, 0.5) is 0 Å². The van der Waals surface area contributed by atoms with Gasteiger partial charge in [0.1, 0.15) is 18.1 Å². The summed E-state index contributed by atoms with van der Waals surface area (Å²) in [7, 11) is 0. The Balaban J connectivity index is 1.56. The average Bonchev–Trinajstić information content (AvgIpc) is 2.57. The summed E-state index contributed by atoms with van der Waals surface area (Å²) in [5.41, 5.74) is 3.69. The van der Waals surface area contributed by atoms with Crippen LogP contribution in [0.3, 0.4) is 0 Å². The fraction of sp³-hybridized carbons (Fsp3) is 0.381. The van der Waals surface area contributed by atoms with E-state index in [9.17, 15) is 4.79 Å². The van der Waals surface area contributed by atoms with E-state index in [1.165, 1.54) is 23.1 Å². The Morgan fingerprint density at radius 1 is 1.04 bits per heavy atom. The van der Waals surface area contributed by atoms with Gasteiger partial charge in [-0.3, -0.25) is 4.79 Å². The molecule has 0 N–H and O–H groups in total. The third kappa shape index (κ3) is 4.22. The highest BCUT2D eigenvalue weighted by atomic mass is 16.5. The minimum atomic E-state index is 0.225. The van der Waals surface area contributed by atoms with Crippen molar-refractivity contribution in [1.82, 2.24) is 0 Å². The number of carbonyl (C=O) groups is 1. The molecule has 2 aromatic rings. The molecule has 2 nitrogen and oxygen atoms in total. The zero-order valence-electron chi connectivity index (χ0n) is 13.8. The monoisotopic (exact) mass is 308 g/mol. The predicted octanol–water partition coefficient (Wildman–Crippen LogP) is 4.88. The molecule has 0 aliphatic heterocycles. The fourth-order valence-electron chi connectivity index (χ4n) is 3.21. The van der Waals surface area contributed by atoms with E-state index >= 15 is 0 Å². The second-order valence-corrected chi connectivity index (χ2v) is 6.47. The standard InChI is InChI=1S/C21H24O2/c1-16-6-2-3-8-19(16)15-23-20-12-10-17(11-13-20)14-18-7-4-5-9-21(18)22/h2-3,6,8,10-13,18H,4-5,7,9,14-15H2,1H3. The van der Waals surface area contributed by atoms with Crippen molar-refractivity contribution in [2.24, 2.45) is 5.92 Å². The van der Waals surface area contributed by atoms with Crippen molar-refractivity contribution in [3.05, 3.63) is 65.2 Å². The van der Waals surface area contributed by atoms with Crippen LogP contribution in [0.5, 0.6) is 5.75 Å². The number of ether oxygens (including phenoxy) is 1. The maximum absolute atomic E-state index is 11.9. The lowest BCUT2D eigenvalue weighted by Crippen LogP contribution is -2.20. The fourth-order valence-corrected chi connectivity index (χ4v) is 3.21. The van der Waals surface area contributed by atoms with Crippen molar-refractivity contribution in [2.45, 2.75) is 45.6 Å². The number of aryl methyl sites for hydroxylation is 1. The maximum atomic E-state index is 11.9. The summed E-state index contributed by atoms with van der Waals surface area (Å²) in [6.45, 7) is 2.69. The summed E-state index contributed by atoms with van der Waals surface area (Å²) in [5, 5.41) is 0. The molecule has 0 heterocycles. The first-order valence-corrected chi connectivity index (χ1v) is 8.51. The molecule has 1 fully saturated rings. The van der Waals surface area contributed by atoms with Gasteiger partial charge in [-0.1, -0.05) is 42.8 Å². The number of Topliss-reactive ketones (excluding diaryl/α,β-unsaturated/α-hetero) is 1. The minimum Gasteiger partial charge on any atom is -0.489 e.